The standard InChI is InChI=1S/C14H11ClF3NO/c1-19-7-8-4-11(17)14(12(18)5-8)20-13-3-2-9(16)6-10(13)15/h2-6,19H,7H2,1H3. The molecule has 20 heavy (non-hydrogen) atoms. The maximum atomic E-state index is 13.8. The summed E-state index contributed by atoms with van der Waals surface area (Å²) in [5.74, 6) is -2.86. The minimum absolute atomic E-state index is 0.0211. The van der Waals surface area contributed by atoms with E-state index in [-0.39, 0.29) is 10.8 Å². The van der Waals surface area contributed by atoms with Gasteiger partial charge in [0.25, 0.3) is 0 Å². The maximum Gasteiger partial charge on any atom is 0.198 e. The molecule has 6 heteroatoms. The van der Waals surface area contributed by atoms with Gasteiger partial charge >= 0.3 is 0 Å². The van der Waals surface area contributed by atoms with Crippen LogP contribution in [0, 0.1) is 17.5 Å². The Morgan fingerprint density at radius 3 is 2.30 bits per heavy atom. The zero-order valence-corrected chi connectivity index (χ0v) is 11.3. The molecule has 0 aromatic heterocycles. The van der Waals surface area contributed by atoms with Gasteiger partial charge in [-0.2, -0.15) is 0 Å². The van der Waals surface area contributed by atoms with Crippen LogP contribution in [0.4, 0.5) is 13.2 Å². The fourth-order valence-electron chi connectivity index (χ4n) is 1.68. The van der Waals surface area contributed by atoms with Crippen LogP contribution in [0.1, 0.15) is 5.56 Å². The molecule has 2 aromatic carbocycles. The molecule has 1 N–H and O–H groups in total. The molecule has 2 aromatic rings. The van der Waals surface area contributed by atoms with Crippen molar-refractivity contribution < 1.29 is 17.9 Å². The second-order valence-electron chi connectivity index (χ2n) is 4.10. The number of benzene rings is 2. The van der Waals surface area contributed by atoms with Gasteiger partial charge in [-0.05, 0) is 42.9 Å². The lowest BCUT2D eigenvalue weighted by molar-refractivity contribution is 0.405. The van der Waals surface area contributed by atoms with Crippen LogP contribution in [-0.4, -0.2) is 7.05 Å². The van der Waals surface area contributed by atoms with E-state index in [0.29, 0.717) is 12.1 Å². The van der Waals surface area contributed by atoms with Gasteiger partial charge in [-0.15, -0.1) is 0 Å². The summed E-state index contributed by atoms with van der Waals surface area (Å²) in [6, 6.07) is 5.62. The van der Waals surface area contributed by atoms with E-state index in [1.165, 1.54) is 6.07 Å². The fraction of sp³-hybridized carbons (Fsp3) is 0.143. The predicted molar refractivity (Wildman–Crippen MR) is 70.6 cm³/mol. The van der Waals surface area contributed by atoms with E-state index in [0.717, 1.165) is 24.3 Å². The monoisotopic (exact) mass is 301 g/mol. The number of rotatable bonds is 4. The summed E-state index contributed by atoms with van der Waals surface area (Å²) >= 11 is 5.75. The SMILES string of the molecule is CNCc1cc(F)c(Oc2ccc(F)cc2Cl)c(F)c1. The van der Waals surface area contributed by atoms with E-state index < -0.39 is 23.2 Å². The summed E-state index contributed by atoms with van der Waals surface area (Å²) in [4.78, 5) is 0. The third kappa shape index (κ3) is 3.23. The molecular formula is C14H11ClF3NO. The zero-order valence-electron chi connectivity index (χ0n) is 10.5. The molecule has 0 saturated heterocycles. The molecule has 0 radical (unpaired) electrons. The third-order valence-electron chi connectivity index (χ3n) is 2.54. The highest BCUT2D eigenvalue weighted by Crippen LogP contribution is 2.33. The molecule has 2 rings (SSSR count). The summed E-state index contributed by atoms with van der Waals surface area (Å²) < 4.78 is 45.6. The van der Waals surface area contributed by atoms with Gasteiger partial charge in [-0.25, -0.2) is 13.2 Å². The molecule has 0 bridgehead atoms. The molecule has 0 fully saturated rings. The van der Waals surface area contributed by atoms with E-state index in [1.807, 2.05) is 0 Å². The van der Waals surface area contributed by atoms with Gasteiger partial charge < -0.3 is 10.1 Å². The summed E-state index contributed by atoms with van der Waals surface area (Å²) in [5.41, 5.74) is 0.444. The normalized spacial score (nSPS) is 10.7. The van der Waals surface area contributed by atoms with Crippen molar-refractivity contribution in [2.24, 2.45) is 0 Å². The van der Waals surface area contributed by atoms with Gasteiger partial charge in [0.15, 0.2) is 17.4 Å². The van der Waals surface area contributed by atoms with Gasteiger partial charge in [0.2, 0.25) is 0 Å². The van der Waals surface area contributed by atoms with Crippen LogP contribution in [0.5, 0.6) is 11.5 Å². The first kappa shape index (κ1) is 14.7. The van der Waals surface area contributed by atoms with Crippen LogP contribution in [0.3, 0.4) is 0 Å². The molecule has 0 aliphatic carbocycles. The van der Waals surface area contributed by atoms with Gasteiger partial charge in [0, 0.05) is 6.54 Å². The highest BCUT2D eigenvalue weighted by Gasteiger charge is 2.15. The molecule has 0 unspecified atom stereocenters. The lowest BCUT2D eigenvalue weighted by atomic mass is 10.2. The number of nitrogens with one attached hydrogen (secondary N) is 1. The van der Waals surface area contributed by atoms with Gasteiger partial charge in [-0.1, -0.05) is 11.6 Å². The van der Waals surface area contributed by atoms with Crippen molar-refractivity contribution in [1.82, 2.24) is 5.32 Å². The minimum Gasteiger partial charge on any atom is -0.450 e. The second kappa shape index (κ2) is 6.15. The van der Waals surface area contributed by atoms with Crippen LogP contribution in [0.2, 0.25) is 5.02 Å². The Bertz CT molecular complexity index is 611. The van der Waals surface area contributed by atoms with E-state index in [1.54, 1.807) is 7.05 Å². The Morgan fingerprint density at radius 2 is 1.75 bits per heavy atom. The van der Waals surface area contributed by atoms with Crippen LogP contribution in [-0.2, 0) is 6.54 Å². The molecule has 0 aliphatic heterocycles. The van der Waals surface area contributed by atoms with Crippen molar-refractivity contribution in [1.29, 1.82) is 0 Å². The first-order chi connectivity index (χ1) is 9.51. The van der Waals surface area contributed by atoms with E-state index in [4.69, 9.17) is 16.3 Å². The zero-order chi connectivity index (χ0) is 14.7. The van der Waals surface area contributed by atoms with Crippen molar-refractivity contribution in [3.8, 4) is 11.5 Å². The molecule has 0 atom stereocenters. The number of ether oxygens (including phenoxy) is 1. The molecular weight excluding hydrogens is 291 g/mol. The Morgan fingerprint density at radius 1 is 1.10 bits per heavy atom. The molecule has 106 valence electrons. The molecule has 0 heterocycles. The first-order valence-corrected chi connectivity index (χ1v) is 6.14. The van der Waals surface area contributed by atoms with E-state index in [9.17, 15) is 13.2 Å². The van der Waals surface area contributed by atoms with E-state index >= 15 is 0 Å². The fourth-order valence-corrected chi connectivity index (χ4v) is 1.89. The molecule has 0 aliphatic rings. The lowest BCUT2D eigenvalue weighted by Crippen LogP contribution is -2.06. The first-order valence-electron chi connectivity index (χ1n) is 5.76. The number of halogens is 4. The molecule has 0 amide bonds. The van der Waals surface area contributed by atoms with E-state index in [2.05, 4.69) is 5.32 Å². The average molecular weight is 302 g/mol. The van der Waals surface area contributed by atoms with Crippen molar-refractivity contribution in [2.45, 2.75) is 6.54 Å². The van der Waals surface area contributed by atoms with Crippen molar-refractivity contribution in [3.05, 3.63) is 58.4 Å². The summed E-state index contributed by atoms with van der Waals surface area (Å²) in [7, 11) is 1.67. The third-order valence-corrected chi connectivity index (χ3v) is 2.84. The Balaban J connectivity index is 2.33. The van der Waals surface area contributed by atoms with Crippen molar-refractivity contribution >= 4 is 11.6 Å². The van der Waals surface area contributed by atoms with Crippen molar-refractivity contribution in [2.75, 3.05) is 7.05 Å². The van der Waals surface area contributed by atoms with Crippen LogP contribution < -0.4 is 10.1 Å². The van der Waals surface area contributed by atoms with Gasteiger partial charge in [0.05, 0.1) is 5.02 Å². The van der Waals surface area contributed by atoms with Crippen LogP contribution in [0.25, 0.3) is 0 Å². The highest BCUT2D eigenvalue weighted by atomic mass is 35.5. The topological polar surface area (TPSA) is 21.3 Å². The smallest absolute Gasteiger partial charge is 0.198 e. The molecule has 2 nitrogen and oxygen atoms in total. The average Bonchev–Trinajstić information content (AvgIpc) is 2.36. The largest absolute Gasteiger partial charge is 0.450 e. The van der Waals surface area contributed by atoms with Crippen LogP contribution in [0.15, 0.2) is 30.3 Å². The predicted octanol–water partition coefficient (Wildman–Crippen LogP) is 4.27. The Labute approximate surface area is 119 Å². The van der Waals surface area contributed by atoms with Crippen molar-refractivity contribution in [3.63, 3.8) is 0 Å². The second-order valence-corrected chi connectivity index (χ2v) is 4.50. The summed E-state index contributed by atoms with van der Waals surface area (Å²) in [6.07, 6.45) is 0. The maximum absolute atomic E-state index is 13.8. The number of hydrogen-bond acceptors (Lipinski definition) is 2. The lowest BCUT2D eigenvalue weighted by Gasteiger charge is -2.11. The molecule has 0 saturated carbocycles. The number of hydrogen-bond donors (Lipinski definition) is 1. The van der Waals surface area contributed by atoms with Gasteiger partial charge in [0.1, 0.15) is 11.6 Å². The highest BCUT2D eigenvalue weighted by molar-refractivity contribution is 6.32. The Kier molecular flexibility index (Phi) is 4.52. The summed E-state index contributed by atoms with van der Waals surface area (Å²) in [5, 5.41) is 2.72. The molecule has 0 spiro atoms. The van der Waals surface area contributed by atoms with Gasteiger partial charge in [-0.3, -0.25) is 0 Å². The quantitative estimate of drug-likeness (QED) is 0.910. The summed E-state index contributed by atoms with van der Waals surface area (Å²) in [6.45, 7) is 0.325. The van der Waals surface area contributed by atoms with Crippen LogP contribution >= 0.6 is 11.6 Å². The Hall–Kier alpha value is -1.72. The minimum atomic E-state index is -0.851.